The van der Waals surface area contributed by atoms with E-state index < -0.39 is 19.6 Å². The second-order valence-corrected chi connectivity index (χ2v) is 29.4. The Balaban J connectivity index is 0.000000303. The van der Waals surface area contributed by atoms with E-state index in [4.69, 9.17) is 12.7 Å². The van der Waals surface area contributed by atoms with E-state index in [0.29, 0.717) is 11.3 Å². The molecule has 0 spiro atoms. The van der Waals surface area contributed by atoms with Crippen molar-refractivity contribution in [1.82, 2.24) is 19.5 Å². The summed E-state index contributed by atoms with van der Waals surface area (Å²) >= 11 is -0.165. The van der Waals surface area contributed by atoms with Gasteiger partial charge in [0.05, 0.1) is 16.9 Å². The predicted octanol–water partition coefficient (Wildman–Crippen LogP) is 15.0. The molecule has 0 bridgehead atoms. The average molecular weight is 1110 g/mol. The molecule has 8 heteroatoms. The number of aromatic nitrogens is 4. The van der Waals surface area contributed by atoms with Crippen LogP contribution in [0, 0.1) is 17.9 Å². The molecule has 0 unspecified atom stereocenters. The van der Waals surface area contributed by atoms with Gasteiger partial charge in [-0.2, -0.15) is 11.3 Å². The molecule has 0 saturated carbocycles. The number of benzene rings is 6. The van der Waals surface area contributed by atoms with E-state index in [1.807, 2.05) is 79.0 Å². The number of thiophene rings is 1. The zero-order chi connectivity index (χ0) is 46.3. The average Bonchev–Trinajstić information content (AvgIpc) is 3.90. The molecular formula is C57H51FGeIrN4S-2. The number of imidazole rings is 1. The van der Waals surface area contributed by atoms with Gasteiger partial charge in [-0.25, -0.2) is 9.37 Å². The van der Waals surface area contributed by atoms with E-state index in [-0.39, 0.29) is 37.8 Å². The van der Waals surface area contributed by atoms with Crippen molar-refractivity contribution in [2.45, 2.75) is 63.2 Å². The first-order valence-electron chi connectivity index (χ1n) is 22.8. The van der Waals surface area contributed by atoms with Crippen LogP contribution in [0.1, 0.15) is 64.7 Å². The molecule has 6 aromatic carbocycles. The first-order chi connectivity index (χ1) is 31.7. The number of nitrogens with zero attached hydrogens (tertiary/aromatic N) is 4. The largest absolute Gasteiger partial charge is 0 e. The van der Waals surface area contributed by atoms with Gasteiger partial charge in [-0.05, 0) is 92.2 Å². The Bertz CT molecular complexity index is 3300. The van der Waals surface area contributed by atoms with Crippen LogP contribution < -0.4 is 4.40 Å². The first-order valence-corrected chi connectivity index (χ1v) is 30.0. The van der Waals surface area contributed by atoms with Crippen molar-refractivity contribution in [3.05, 3.63) is 198 Å². The van der Waals surface area contributed by atoms with Crippen LogP contribution in [0.3, 0.4) is 0 Å². The van der Waals surface area contributed by atoms with Crippen molar-refractivity contribution >= 4 is 60.3 Å². The summed E-state index contributed by atoms with van der Waals surface area (Å²) in [6, 6.07) is 55.5. The minimum Gasteiger partial charge on any atom is 0 e. The van der Waals surface area contributed by atoms with Gasteiger partial charge in [0.15, 0.2) is 0 Å². The van der Waals surface area contributed by atoms with Crippen LogP contribution in [0.2, 0.25) is 17.3 Å². The summed E-state index contributed by atoms with van der Waals surface area (Å²) in [5.74, 6) is 8.05. The van der Waals surface area contributed by atoms with Gasteiger partial charge in [0.25, 0.3) is 0 Å². The van der Waals surface area contributed by atoms with E-state index in [1.165, 1.54) is 27.7 Å². The fourth-order valence-corrected chi connectivity index (χ4v) is 11.5. The molecule has 10 rings (SSSR count). The quantitative estimate of drug-likeness (QED) is 0.107. The van der Waals surface area contributed by atoms with Gasteiger partial charge in [-0.15, -0.1) is 18.2 Å². The topological polar surface area (TPSA) is 43.6 Å². The monoisotopic (exact) mass is 1110 g/mol. The van der Waals surface area contributed by atoms with Crippen LogP contribution in [0.25, 0.3) is 70.8 Å². The zero-order valence-electron chi connectivity index (χ0n) is 39.6. The molecule has 0 fully saturated rings. The molecule has 0 aliphatic heterocycles. The summed E-state index contributed by atoms with van der Waals surface area (Å²) in [6.45, 7) is 8.86. The molecular weight excluding hydrogens is 1060 g/mol. The molecule has 1 radical (unpaired) electrons. The van der Waals surface area contributed by atoms with Crippen molar-refractivity contribution in [2.75, 3.05) is 0 Å². The smallest absolute Gasteiger partial charge is 0 e. The third-order valence-electron chi connectivity index (χ3n) is 11.6. The molecule has 4 nitrogen and oxygen atoms in total. The summed E-state index contributed by atoms with van der Waals surface area (Å²) < 4.78 is 36.5. The van der Waals surface area contributed by atoms with Crippen LogP contribution in [0.5, 0.6) is 0 Å². The fraction of sp³-hybridized carbons (Fsp3) is 0.175. The molecule has 0 aliphatic rings. The third kappa shape index (κ3) is 9.71. The van der Waals surface area contributed by atoms with Crippen molar-refractivity contribution in [1.29, 1.82) is 0 Å². The summed E-state index contributed by atoms with van der Waals surface area (Å²) in [5, 5.41) is 2.02. The number of hydrogen-bond acceptors (Lipinski definition) is 4. The van der Waals surface area contributed by atoms with Crippen molar-refractivity contribution < 1.29 is 27.2 Å². The molecule has 65 heavy (non-hydrogen) atoms. The van der Waals surface area contributed by atoms with Crippen LogP contribution >= 0.6 is 11.3 Å². The molecule has 10 aromatic rings. The molecule has 327 valence electrons. The molecule has 0 saturated heterocycles. The summed E-state index contributed by atoms with van der Waals surface area (Å²) in [4.78, 5) is 15.5. The predicted molar refractivity (Wildman–Crippen MR) is 270 cm³/mol. The first kappa shape index (κ1) is 43.3. The Labute approximate surface area is 405 Å². The second-order valence-electron chi connectivity index (χ2n) is 17.8. The Morgan fingerprint density at radius 1 is 0.708 bits per heavy atom. The molecule has 0 atom stereocenters. The van der Waals surface area contributed by atoms with Crippen LogP contribution in [-0.2, 0) is 26.5 Å². The van der Waals surface area contributed by atoms with E-state index in [0.717, 1.165) is 70.8 Å². The van der Waals surface area contributed by atoms with E-state index >= 15 is 0 Å². The second kappa shape index (κ2) is 19.5. The minimum absolute atomic E-state index is 0. The van der Waals surface area contributed by atoms with E-state index in [2.05, 4.69) is 115 Å². The maximum absolute atomic E-state index is 13.9. The normalized spacial score (nSPS) is 12.3. The number of rotatable bonds is 9. The van der Waals surface area contributed by atoms with Crippen molar-refractivity contribution in [3.8, 4) is 39.5 Å². The van der Waals surface area contributed by atoms with Crippen molar-refractivity contribution in [2.24, 2.45) is 0 Å². The Morgan fingerprint density at radius 2 is 1.42 bits per heavy atom. The number of hydrogen-bond donors (Lipinski definition) is 0. The number of pyridine rings is 2. The van der Waals surface area contributed by atoms with Gasteiger partial charge in [0.2, 0.25) is 0 Å². The van der Waals surface area contributed by atoms with Gasteiger partial charge in [-0.1, -0.05) is 99.3 Å². The molecule has 4 heterocycles. The Morgan fingerprint density at radius 3 is 2.08 bits per heavy atom. The van der Waals surface area contributed by atoms with Crippen LogP contribution in [0.4, 0.5) is 4.39 Å². The summed E-state index contributed by atoms with van der Waals surface area (Å²) in [6.07, 6.45) is 0.297. The molecule has 0 N–H and O–H groups in total. The number of fused-ring (bicyclic) bond motifs is 4. The zero-order valence-corrected chi connectivity index (χ0v) is 42.9. The van der Waals surface area contributed by atoms with Gasteiger partial charge >= 0.3 is 99.8 Å². The summed E-state index contributed by atoms with van der Waals surface area (Å²) in [5.41, 5.74) is 11.3. The molecule has 0 aliphatic carbocycles. The van der Waals surface area contributed by atoms with E-state index in [9.17, 15) is 4.39 Å². The number of para-hydroxylation sites is 2. The minimum atomic E-state index is -1.74. The van der Waals surface area contributed by atoms with Crippen LogP contribution in [-0.4, -0.2) is 32.8 Å². The molecule has 0 amide bonds. The molecule has 4 aromatic heterocycles. The SMILES string of the molecule is [2H]C([2H])(c1ccccc1)c1ccc2c(n1)sc1c(-c3nc4ccccc4n3-c3c(C(C)C)cc(-c4ccc(F)cc4)cc3C(C)C)[c-]ccc12.[CH3][Ge]([CH3])([CH3])[c]1ccc(-c2[c-]cccc2)nc1.[Ir]. The Kier molecular flexibility index (Phi) is 13.0. The number of halogens is 1. The fourth-order valence-electron chi connectivity index (χ4n) is 8.12. The van der Waals surface area contributed by atoms with E-state index in [1.54, 1.807) is 29.5 Å². The van der Waals surface area contributed by atoms with Crippen molar-refractivity contribution in [3.63, 3.8) is 0 Å². The maximum Gasteiger partial charge on any atom is 0 e. The van der Waals surface area contributed by atoms with Gasteiger partial charge in [0.1, 0.15) is 10.6 Å². The Hall–Kier alpha value is -5.57. The van der Waals surface area contributed by atoms with Gasteiger partial charge < -0.3 is 4.57 Å². The van der Waals surface area contributed by atoms with Gasteiger partial charge in [0, 0.05) is 40.6 Å². The standard InChI is InChI=1S/C43H35FN3S.C14H16GeN.Ir/c1-26(2)36-24-30(29-17-19-31(44)20-18-29)25-37(27(3)4)40(36)47-39-16-9-8-15-38(39)46-42(47)35-14-10-13-33-34-22-21-32(45-43(34)48-41(33)35)23-28-11-6-5-7-12-28;1-15(2,3)13-9-10-14(16-11-13)12-7-5-4-6-8-12;/h5-13,15-22,24-27H,23H2,1-4H3;4-7,9-11H,1-3H3;/q2*-1;/i23D2;;. The maximum atomic E-state index is 13.9. The summed E-state index contributed by atoms with van der Waals surface area (Å²) in [7, 11) is 0. The van der Waals surface area contributed by atoms with Gasteiger partial charge in [-0.3, -0.25) is 4.98 Å². The van der Waals surface area contributed by atoms with Crippen LogP contribution in [0.15, 0.2) is 158 Å². The third-order valence-corrected chi connectivity index (χ3v) is 16.9.